The van der Waals surface area contributed by atoms with Crippen molar-refractivity contribution in [2.75, 3.05) is 11.4 Å². The maximum Gasteiger partial charge on any atom is 0.308 e. The van der Waals surface area contributed by atoms with Gasteiger partial charge in [-0.2, -0.15) is 0 Å². The summed E-state index contributed by atoms with van der Waals surface area (Å²) < 4.78 is 0. The number of carboxylic acid groups (broad SMARTS) is 1. The predicted molar refractivity (Wildman–Crippen MR) is 68.7 cm³/mol. The van der Waals surface area contributed by atoms with Crippen molar-refractivity contribution >= 4 is 11.8 Å². The lowest BCUT2D eigenvalue weighted by Gasteiger charge is -2.24. The molecule has 98 valence electrons. The summed E-state index contributed by atoms with van der Waals surface area (Å²) in [5.41, 5.74) is 1.00. The molecule has 2 rings (SSSR count). The van der Waals surface area contributed by atoms with Crippen LogP contribution in [0, 0.1) is 12.8 Å². The Kier molecular flexibility index (Phi) is 3.50. The Morgan fingerprint density at radius 1 is 1.56 bits per heavy atom. The molecule has 0 bridgehead atoms. The molecule has 18 heavy (non-hydrogen) atoms. The van der Waals surface area contributed by atoms with E-state index in [0.29, 0.717) is 6.42 Å². The summed E-state index contributed by atoms with van der Waals surface area (Å²) >= 11 is 0. The van der Waals surface area contributed by atoms with Crippen LogP contribution in [0.5, 0.6) is 0 Å². The molecular weight excluding hydrogens is 230 g/mol. The number of aliphatic carboxylic acids is 1. The molecule has 0 amide bonds. The second-order valence-corrected chi connectivity index (χ2v) is 4.79. The van der Waals surface area contributed by atoms with Crippen LogP contribution in [-0.4, -0.2) is 33.6 Å². The van der Waals surface area contributed by atoms with E-state index in [-0.39, 0.29) is 12.0 Å². The van der Waals surface area contributed by atoms with Crippen molar-refractivity contribution in [2.24, 2.45) is 5.92 Å². The molecule has 0 saturated carbocycles. The minimum atomic E-state index is -0.716. The molecule has 2 atom stereocenters. The van der Waals surface area contributed by atoms with Crippen molar-refractivity contribution in [3.05, 3.63) is 17.6 Å². The van der Waals surface area contributed by atoms with Gasteiger partial charge in [0.1, 0.15) is 11.6 Å². The average molecular weight is 249 g/mol. The third kappa shape index (κ3) is 2.30. The van der Waals surface area contributed by atoms with Gasteiger partial charge in [0.25, 0.3) is 0 Å². The van der Waals surface area contributed by atoms with E-state index >= 15 is 0 Å². The van der Waals surface area contributed by atoms with E-state index in [0.717, 1.165) is 30.3 Å². The van der Waals surface area contributed by atoms with Crippen LogP contribution in [0.3, 0.4) is 0 Å². The predicted octanol–water partition coefficient (Wildman–Crippen LogP) is 1.65. The van der Waals surface area contributed by atoms with E-state index in [1.807, 2.05) is 19.9 Å². The highest BCUT2D eigenvalue weighted by Crippen LogP contribution is 2.29. The third-order valence-corrected chi connectivity index (χ3v) is 3.61. The van der Waals surface area contributed by atoms with Gasteiger partial charge in [-0.1, -0.05) is 6.92 Å². The van der Waals surface area contributed by atoms with Crippen LogP contribution < -0.4 is 4.90 Å². The van der Waals surface area contributed by atoms with Gasteiger partial charge in [0.05, 0.1) is 5.92 Å². The van der Waals surface area contributed by atoms with Crippen LogP contribution in [0.1, 0.15) is 31.8 Å². The summed E-state index contributed by atoms with van der Waals surface area (Å²) in [5, 5.41) is 9.14. The smallest absolute Gasteiger partial charge is 0.308 e. The molecule has 1 aliphatic heterocycles. The van der Waals surface area contributed by atoms with Gasteiger partial charge in [-0.3, -0.25) is 4.79 Å². The highest BCUT2D eigenvalue weighted by Gasteiger charge is 2.36. The Bertz CT molecular complexity index is 462. The van der Waals surface area contributed by atoms with Crippen molar-refractivity contribution in [2.45, 2.75) is 39.7 Å². The van der Waals surface area contributed by atoms with Gasteiger partial charge in [0.15, 0.2) is 0 Å². The Hall–Kier alpha value is -1.65. The summed E-state index contributed by atoms with van der Waals surface area (Å²) in [4.78, 5) is 22.0. The van der Waals surface area contributed by atoms with E-state index in [4.69, 9.17) is 5.11 Å². The van der Waals surface area contributed by atoms with E-state index in [9.17, 15) is 4.79 Å². The van der Waals surface area contributed by atoms with Crippen LogP contribution in [-0.2, 0) is 11.2 Å². The number of anilines is 1. The van der Waals surface area contributed by atoms with Gasteiger partial charge in [0, 0.05) is 24.3 Å². The molecule has 5 heteroatoms. The van der Waals surface area contributed by atoms with Crippen molar-refractivity contribution in [1.29, 1.82) is 0 Å². The number of nitrogens with zero attached hydrogens (tertiary/aromatic N) is 3. The molecule has 0 aromatic carbocycles. The molecule has 1 aromatic heterocycles. The second kappa shape index (κ2) is 4.92. The van der Waals surface area contributed by atoms with Gasteiger partial charge in [0.2, 0.25) is 0 Å². The second-order valence-electron chi connectivity index (χ2n) is 4.79. The van der Waals surface area contributed by atoms with Crippen LogP contribution in [0.25, 0.3) is 0 Å². The number of carboxylic acids is 1. The number of rotatable bonds is 3. The highest BCUT2D eigenvalue weighted by atomic mass is 16.4. The zero-order chi connectivity index (χ0) is 13.3. The van der Waals surface area contributed by atoms with Crippen LogP contribution >= 0.6 is 0 Å². The zero-order valence-electron chi connectivity index (χ0n) is 11.1. The zero-order valence-corrected chi connectivity index (χ0v) is 11.1. The quantitative estimate of drug-likeness (QED) is 0.882. The highest BCUT2D eigenvalue weighted by molar-refractivity contribution is 5.72. The molecular formula is C13H19N3O2. The number of aryl methyl sites for hydroxylation is 2. The van der Waals surface area contributed by atoms with Crippen molar-refractivity contribution < 1.29 is 9.90 Å². The molecule has 1 aliphatic rings. The first-order valence-electron chi connectivity index (χ1n) is 6.37. The maximum absolute atomic E-state index is 11.1. The largest absolute Gasteiger partial charge is 0.481 e. The van der Waals surface area contributed by atoms with Crippen LogP contribution in [0.2, 0.25) is 0 Å². The summed E-state index contributed by atoms with van der Waals surface area (Å²) in [6.45, 7) is 6.63. The summed E-state index contributed by atoms with van der Waals surface area (Å²) in [6, 6.07) is 1.95. The Labute approximate surface area is 107 Å². The first kappa shape index (κ1) is 12.8. The average Bonchev–Trinajstić information content (AvgIpc) is 2.70. The topological polar surface area (TPSA) is 66.3 Å². The lowest BCUT2D eigenvalue weighted by molar-refractivity contribution is -0.141. The molecule has 1 saturated heterocycles. The number of aromatic nitrogens is 2. The number of hydrogen-bond acceptors (Lipinski definition) is 4. The minimum Gasteiger partial charge on any atom is -0.481 e. The SMILES string of the molecule is CCc1cc(N2CCC(C(=O)O)C2C)nc(C)n1. The molecule has 2 unspecified atom stereocenters. The normalized spacial score (nSPS) is 23.4. The Balaban J connectivity index is 2.27. The Morgan fingerprint density at radius 3 is 2.83 bits per heavy atom. The number of carbonyl (C=O) groups is 1. The summed E-state index contributed by atoms with van der Waals surface area (Å²) in [6.07, 6.45) is 1.54. The van der Waals surface area contributed by atoms with E-state index in [2.05, 4.69) is 21.8 Å². The van der Waals surface area contributed by atoms with Crippen LogP contribution in [0.4, 0.5) is 5.82 Å². The fourth-order valence-electron chi connectivity index (χ4n) is 2.53. The lowest BCUT2D eigenvalue weighted by atomic mass is 10.0. The molecule has 0 radical (unpaired) electrons. The van der Waals surface area contributed by atoms with Crippen molar-refractivity contribution in [1.82, 2.24) is 9.97 Å². The molecule has 1 fully saturated rings. The molecule has 0 aliphatic carbocycles. The van der Waals surface area contributed by atoms with Gasteiger partial charge in [-0.05, 0) is 26.7 Å². The van der Waals surface area contributed by atoms with E-state index in [1.165, 1.54) is 0 Å². The van der Waals surface area contributed by atoms with E-state index < -0.39 is 5.97 Å². The molecule has 2 heterocycles. The molecule has 1 N–H and O–H groups in total. The van der Waals surface area contributed by atoms with Crippen molar-refractivity contribution in [3.63, 3.8) is 0 Å². The fourth-order valence-corrected chi connectivity index (χ4v) is 2.53. The molecule has 5 nitrogen and oxygen atoms in total. The van der Waals surface area contributed by atoms with Gasteiger partial charge in [-0.15, -0.1) is 0 Å². The third-order valence-electron chi connectivity index (χ3n) is 3.61. The van der Waals surface area contributed by atoms with Gasteiger partial charge >= 0.3 is 5.97 Å². The standard InChI is InChI=1S/C13H19N3O2/c1-4-10-7-12(15-9(3)14-10)16-6-5-11(8(16)2)13(17)18/h7-8,11H,4-6H2,1-3H3,(H,17,18). The Morgan fingerprint density at radius 2 is 2.28 bits per heavy atom. The summed E-state index contributed by atoms with van der Waals surface area (Å²) in [5.74, 6) is 0.586. The van der Waals surface area contributed by atoms with Crippen LogP contribution in [0.15, 0.2) is 6.07 Å². The fraction of sp³-hybridized carbons (Fsp3) is 0.615. The van der Waals surface area contributed by atoms with Crippen molar-refractivity contribution in [3.8, 4) is 0 Å². The van der Waals surface area contributed by atoms with E-state index in [1.54, 1.807) is 0 Å². The molecule has 1 aromatic rings. The number of hydrogen-bond donors (Lipinski definition) is 1. The minimum absolute atomic E-state index is 0.0125. The first-order valence-corrected chi connectivity index (χ1v) is 6.37. The first-order chi connectivity index (χ1) is 8.52. The lowest BCUT2D eigenvalue weighted by Crippen LogP contribution is -2.33. The van der Waals surface area contributed by atoms with Gasteiger partial charge in [-0.25, -0.2) is 9.97 Å². The summed E-state index contributed by atoms with van der Waals surface area (Å²) in [7, 11) is 0. The maximum atomic E-state index is 11.1. The van der Waals surface area contributed by atoms with Gasteiger partial charge < -0.3 is 10.0 Å². The molecule has 0 spiro atoms. The monoisotopic (exact) mass is 249 g/mol.